The van der Waals surface area contributed by atoms with Crippen molar-refractivity contribution in [3.05, 3.63) is 101 Å². The van der Waals surface area contributed by atoms with Crippen LogP contribution in [0.1, 0.15) is 24.4 Å². The van der Waals surface area contributed by atoms with Gasteiger partial charge < -0.3 is 5.32 Å². The van der Waals surface area contributed by atoms with Gasteiger partial charge in [-0.05, 0) is 55.3 Å². The normalized spacial score (nSPS) is 14.3. The molecule has 0 saturated heterocycles. The number of aromatic nitrogens is 2. The second-order valence-corrected chi connectivity index (χ2v) is 10.6. The van der Waals surface area contributed by atoms with E-state index < -0.39 is 0 Å². The van der Waals surface area contributed by atoms with Gasteiger partial charge in [0.15, 0.2) is 0 Å². The zero-order valence-corrected chi connectivity index (χ0v) is 21.4. The highest BCUT2D eigenvalue weighted by Crippen LogP contribution is 2.40. The summed E-state index contributed by atoms with van der Waals surface area (Å²) >= 11 is 3.62. The van der Waals surface area contributed by atoms with Crippen LogP contribution in [0.4, 0.5) is 5.69 Å². The number of hydrogen-bond donors (Lipinski definition) is 1. The van der Waals surface area contributed by atoms with Crippen molar-refractivity contribution in [2.45, 2.75) is 31.7 Å². The van der Waals surface area contributed by atoms with Gasteiger partial charge in [-0.1, -0.05) is 78.6 Å². The van der Waals surface area contributed by atoms with Crippen LogP contribution in [-0.2, 0) is 13.0 Å². The SMILES string of the molecule is CCc1ccc2sc(C=CC=C3Nc4ccccc4S3)[n+](CC)c2c1-c1ccc2ccccc2n1. The molecule has 6 rings (SSSR count). The largest absolute Gasteiger partial charge is 0.349 e. The quantitative estimate of drug-likeness (QED) is 0.252. The summed E-state index contributed by atoms with van der Waals surface area (Å²) in [5.74, 6) is 0. The number of nitrogens with one attached hydrogen (secondary N) is 1. The summed E-state index contributed by atoms with van der Waals surface area (Å²) in [7, 11) is 0. The Balaban J connectivity index is 1.43. The number of rotatable bonds is 5. The molecule has 0 radical (unpaired) electrons. The van der Waals surface area contributed by atoms with Crippen molar-refractivity contribution in [2.24, 2.45) is 0 Å². The molecular weight excluding hydrogens is 466 g/mol. The summed E-state index contributed by atoms with van der Waals surface area (Å²) in [5, 5.41) is 7.07. The maximum absolute atomic E-state index is 5.08. The van der Waals surface area contributed by atoms with E-state index in [0.717, 1.165) is 29.2 Å². The highest BCUT2D eigenvalue weighted by atomic mass is 32.2. The number of aryl methyl sites for hydroxylation is 2. The van der Waals surface area contributed by atoms with E-state index in [-0.39, 0.29) is 0 Å². The molecule has 3 aromatic carbocycles. The molecule has 5 heteroatoms. The molecule has 0 fully saturated rings. The molecule has 5 aromatic rings. The van der Waals surface area contributed by atoms with Crippen molar-refractivity contribution >= 4 is 56.0 Å². The molecule has 3 nitrogen and oxygen atoms in total. The summed E-state index contributed by atoms with van der Waals surface area (Å²) in [5.41, 5.74) is 7.15. The van der Waals surface area contributed by atoms with E-state index in [0.29, 0.717) is 0 Å². The Bertz CT molecular complexity index is 1600. The van der Waals surface area contributed by atoms with Crippen molar-refractivity contribution in [3.63, 3.8) is 0 Å². The van der Waals surface area contributed by atoms with Crippen LogP contribution >= 0.6 is 23.1 Å². The molecule has 3 heterocycles. The number of para-hydroxylation sites is 2. The van der Waals surface area contributed by atoms with E-state index >= 15 is 0 Å². The molecule has 2 aromatic heterocycles. The van der Waals surface area contributed by atoms with Crippen molar-refractivity contribution in [2.75, 3.05) is 5.32 Å². The van der Waals surface area contributed by atoms with Crippen LogP contribution in [0.5, 0.6) is 0 Å². The van der Waals surface area contributed by atoms with Gasteiger partial charge in [0.05, 0.1) is 27.5 Å². The number of fused-ring (bicyclic) bond motifs is 3. The number of nitrogens with zero attached hydrogens (tertiary/aromatic N) is 2. The molecule has 1 N–H and O–H groups in total. The lowest BCUT2D eigenvalue weighted by Crippen LogP contribution is -2.34. The van der Waals surface area contributed by atoms with Crippen LogP contribution in [0.25, 0.3) is 38.5 Å². The molecule has 172 valence electrons. The Labute approximate surface area is 213 Å². The minimum Gasteiger partial charge on any atom is -0.349 e. The van der Waals surface area contributed by atoms with E-state index in [4.69, 9.17) is 4.98 Å². The van der Waals surface area contributed by atoms with Crippen LogP contribution in [0, 0.1) is 0 Å². The molecule has 0 amide bonds. The number of thioether (sulfide) groups is 1. The number of anilines is 1. The van der Waals surface area contributed by atoms with Crippen LogP contribution in [0.15, 0.2) is 94.9 Å². The van der Waals surface area contributed by atoms with E-state index in [9.17, 15) is 0 Å². The summed E-state index contributed by atoms with van der Waals surface area (Å²) in [6.45, 7) is 5.36. The number of hydrogen-bond acceptors (Lipinski definition) is 4. The maximum atomic E-state index is 5.08. The topological polar surface area (TPSA) is 28.8 Å². The smallest absolute Gasteiger partial charge is 0.262 e. The molecule has 0 spiro atoms. The first-order chi connectivity index (χ1) is 17.2. The van der Waals surface area contributed by atoms with Gasteiger partial charge >= 0.3 is 0 Å². The monoisotopic (exact) mass is 492 g/mol. The van der Waals surface area contributed by atoms with E-state index in [1.165, 1.54) is 42.3 Å². The Morgan fingerprint density at radius 1 is 0.943 bits per heavy atom. The molecule has 0 atom stereocenters. The fraction of sp³-hybridized carbons (Fsp3) is 0.133. The zero-order chi connectivity index (χ0) is 23.8. The molecule has 1 aliphatic rings. The summed E-state index contributed by atoms with van der Waals surface area (Å²) in [6.07, 6.45) is 7.53. The first kappa shape index (κ1) is 22.1. The first-order valence-electron chi connectivity index (χ1n) is 12.0. The number of thiazole rings is 1. The van der Waals surface area contributed by atoms with Crippen molar-refractivity contribution in [1.82, 2.24) is 4.98 Å². The lowest BCUT2D eigenvalue weighted by molar-refractivity contribution is -0.664. The third-order valence-electron chi connectivity index (χ3n) is 6.38. The Morgan fingerprint density at radius 3 is 2.66 bits per heavy atom. The average molecular weight is 493 g/mol. The van der Waals surface area contributed by atoms with Gasteiger partial charge in [-0.3, -0.25) is 0 Å². The Morgan fingerprint density at radius 2 is 1.80 bits per heavy atom. The van der Waals surface area contributed by atoms with Crippen molar-refractivity contribution in [3.8, 4) is 11.3 Å². The van der Waals surface area contributed by atoms with Crippen LogP contribution < -0.4 is 9.88 Å². The molecule has 1 aliphatic heterocycles. The summed E-state index contributed by atoms with van der Waals surface area (Å²) in [4.78, 5) is 6.35. The number of benzene rings is 3. The van der Waals surface area contributed by atoms with E-state index in [1.807, 2.05) is 11.3 Å². The predicted molar refractivity (Wildman–Crippen MR) is 151 cm³/mol. The predicted octanol–water partition coefficient (Wildman–Crippen LogP) is 8.06. The maximum Gasteiger partial charge on any atom is 0.262 e. The second kappa shape index (κ2) is 9.33. The van der Waals surface area contributed by atoms with Gasteiger partial charge in [-0.25, -0.2) is 4.98 Å². The highest BCUT2D eigenvalue weighted by molar-refractivity contribution is 8.03. The van der Waals surface area contributed by atoms with Gasteiger partial charge in [0.25, 0.3) is 5.01 Å². The molecule has 0 unspecified atom stereocenters. The first-order valence-corrected chi connectivity index (χ1v) is 13.6. The molecule has 0 bridgehead atoms. The zero-order valence-electron chi connectivity index (χ0n) is 19.8. The van der Waals surface area contributed by atoms with Crippen LogP contribution in [-0.4, -0.2) is 4.98 Å². The fourth-order valence-electron chi connectivity index (χ4n) is 4.69. The lowest BCUT2D eigenvalue weighted by Gasteiger charge is -2.08. The molecule has 0 aliphatic carbocycles. The molecule has 35 heavy (non-hydrogen) atoms. The third kappa shape index (κ3) is 4.05. The van der Waals surface area contributed by atoms with E-state index in [1.54, 1.807) is 11.8 Å². The second-order valence-electron chi connectivity index (χ2n) is 8.49. The minimum atomic E-state index is 0.905. The van der Waals surface area contributed by atoms with Gasteiger partial charge in [-0.2, -0.15) is 4.57 Å². The number of pyridine rings is 1. The van der Waals surface area contributed by atoms with Crippen molar-refractivity contribution in [1.29, 1.82) is 0 Å². The van der Waals surface area contributed by atoms with Crippen molar-refractivity contribution < 1.29 is 4.57 Å². The van der Waals surface area contributed by atoms with Gasteiger partial charge in [0.2, 0.25) is 5.52 Å². The van der Waals surface area contributed by atoms with Crippen LogP contribution in [0.2, 0.25) is 0 Å². The van der Waals surface area contributed by atoms with Gasteiger partial charge in [0, 0.05) is 16.4 Å². The minimum absolute atomic E-state index is 0.905. The van der Waals surface area contributed by atoms with E-state index in [2.05, 4.69) is 115 Å². The average Bonchev–Trinajstić information content (AvgIpc) is 3.48. The lowest BCUT2D eigenvalue weighted by atomic mass is 9.99. The van der Waals surface area contributed by atoms with Gasteiger partial charge in [-0.15, -0.1) is 0 Å². The Hall–Kier alpha value is -3.41. The molecular formula is C30H26N3S2+. The summed E-state index contributed by atoms with van der Waals surface area (Å²) < 4.78 is 3.73. The highest BCUT2D eigenvalue weighted by Gasteiger charge is 2.24. The Kier molecular flexibility index (Phi) is 5.88. The third-order valence-corrected chi connectivity index (χ3v) is 8.53. The number of allylic oxidation sites excluding steroid dienone is 2. The summed E-state index contributed by atoms with van der Waals surface area (Å²) in [6, 6.07) is 25.7. The van der Waals surface area contributed by atoms with Gasteiger partial charge in [0.1, 0.15) is 11.2 Å². The standard InChI is InChI=1S/C30H25N3S2/c1-3-20-17-19-26-30(29(20)24-18-16-21-10-5-6-11-22(21)31-24)33(4-2)28(35-26)15-9-14-27-32-23-12-7-8-13-25(23)34-27/h5-19H,3-4H2,1-2H3/p+1. The molecule has 0 saturated carbocycles. The van der Waals surface area contributed by atoms with Crippen LogP contribution in [0.3, 0.4) is 0 Å². The fourth-order valence-corrected chi connectivity index (χ4v) is 6.76.